The number of carbonyl (C=O) groups is 1. The van der Waals surface area contributed by atoms with Crippen LogP contribution in [0.2, 0.25) is 0 Å². The molecule has 0 fully saturated rings. The molecule has 1 aromatic carbocycles. The van der Waals surface area contributed by atoms with E-state index in [1.165, 1.54) is 4.57 Å². The number of rotatable bonds is 1. The van der Waals surface area contributed by atoms with Crippen LogP contribution in [0.25, 0.3) is 11.0 Å². The average molecular weight is 233 g/mol. The van der Waals surface area contributed by atoms with Gasteiger partial charge in [0.2, 0.25) is 5.91 Å². The summed E-state index contributed by atoms with van der Waals surface area (Å²) in [6.45, 7) is 1.54. The quantitative estimate of drug-likeness (QED) is 0.663. The molecule has 1 amide bonds. The Morgan fingerprint density at radius 2 is 2.18 bits per heavy atom. The molecule has 0 saturated heterocycles. The fraction of sp³-hybridized carbons (Fsp3) is 0.273. The van der Waals surface area contributed by atoms with Crippen molar-refractivity contribution in [2.45, 2.75) is 19.6 Å². The number of H-pyrrole nitrogens is 1. The van der Waals surface area contributed by atoms with Gasteiger partial charge >= 0.3 is 5.69 Å². The maximum atomic E-state index is 11.8. The maximum absolute atomic E-state index is 11.8. The van der Waals surface area contributed by atoms with Crippen LogP contribution < -0.4 is 11.0 Å². The Labute approximate surface area is 95.9 Å². The lowest BCUT2D eigenvalue weighted by Crippen LogP contribution is -2.33. The molecule has 6 nitrogen and oxygen atoms in total. The van der Waals surface area contributed by atoms with Crippen molar-refractivity contribution in [3.05, 3.63) is 28.2 Å². The first-order valence-electron chi connectivity index (χ1n) is 5.30. The van der Waals surface area contributed by atoms with Gasteiger partial charge in [-0.2, -0.15) is 0 Å². The smallest absolute Gasteiger partial charge is 0.327 e. The number of benzene rings is 1. The summed E-state index contributed by atoms with van der Waals surface area (Å²) in [6, 6.07) is 2.86. The molecule has 17 heavy (non-hydrogen) atoms. The van der Waals surface area contributed by atoms with Crippen LogP contribution in [0.5, 0.6) is 0 Å². The third kappa shape index (κ3) is 1.24. The number of imidazole rings is 1. The van der Waals surface area contributed by atoms with Crippen LogP contribution in [0.15, 0.2) is 16.9 Å². The highest BCUT2D eigenvalue weighted by atomic mass is 16.3. The highest BCUT2D eigenvalue weighted by Gasteiger charge is 2.27. The molecule has 1 atom stereocenters. The molecule has 0 spiro atoms. The van der Waals surface area contributed by atoms with Crippen molar-refractivity contribution in [2.75, 3.05) is 5.32 Å². The Balaban J connectivity index is 2.45. The summed E-state index contributed by atoms with van der Waals surface area (Å²) in [5.41, 5.74) is 2.21. The van der Waals surface area contributed by atoms with Gasteiger partial charge in [0.05, 0.1) is 23.3 Å². The summed E-state index contributed by atoms with van der Waals surface area (Å²) in [4.78, 5) is 26.2. The van der Waals surface area contributed by atoms with E-state index in [1.807, 2.05) is 0 Å². The molecule has 3 N–H and O–H groups in total. The zero-order valence-corrected chi connectivity index (χ0v) is 9.15. The minimum atomic E-state index is -0.524. The Morgan fingerprint density at radius 1 is 1.41 bits per heavy atom. The fourth-order valence-corrected chi connectivity index (χ4v) is 2.24. The number of hydrogen-bond acceptors (Lipinski definition) is 3. The van der Waals surface area contributed by atoms with E-state index in [0.29, 0.717) is 22.3 Å². The van der Waals surface area contributed by atoms with Crippen molar-refractivity contribution >= 4 is 22.6 Å². The lowest BCUT2D eigenvalue weighted by molar-refractivity contribution is -0.119. The largest absolute Gasteiger partial charge is 0.392 e. The first-order chi connectivity index (χ1) is 8.11. The normalized spacial score (nSPS) is 18.5. The zero-order chi connectivity index (χ0) is 12.2. The van der Waals surface area contributed by atoms with Crippen molar-refractivity contribution in [2.24, 2.45) is 0 Å². The lowest BCUT2D eigenvalue weighted by Gasteiger charge is -2.21. The molecule has 1 aromatic heterocycles. The summed E-state index contributed by atoms with van der Waals surface area (Å²) in [7, 11) is 0. The van der Waals surface area contributed by atoms with Crippen LogP contribution >= 0.6 is 0 Å². The molecule has 2 heterocycles. The van der Waals surface area contributed by atoms with Gasteiger partial charge in [-0.3, -0.25) is 9.36 Å². The van der Waals surface area contributed by atoms with Crippen LogP contribution in [0.4, 0.5) is 5.69 Å². The number of anilines is 1. The predicted molar refractivity (Wildman–Crippen MR) is 61.8 cm³/mol. The lowest BCUT2D eigenvalue weighted by atomic mass is 10.1. The van der Waals surface area contributed by atoms with Gasteiger partial charge in [0.25, 0.3) is 0 Å². The molecule has 3 rings (SSSR count). The number of amides is 1. The second-order valence-corrected chi connectivity index (χ2v) is 4.16. The highest BCUT2D eigenvalue weighted by Crippen LogP contribution is 2.30. The summed E-state index contributed by atoms with van der Waals surface area (Å²) in [5, 5.41) is 11.8. The average Bonchev–Trinajstić information content (AvgIpc) is 2.63. The Morgan fingerprint density at radius 3 is 2.88 bits per heavy atom. The van der Waals surface area contributed by atoms with Gasteiger partial charge in [-0.25, -0.2) is 4.79 Å². The Bertz CT molecular complexity index is 683. The minimum Gasteiger partial charge on any atom is -0.392 e. The van der Waals surface area contributed by atoms with Crippen molar-refractivity contribution in [1.29, 1.82) is 0 Å². The van der Waals surface area contributed by atoms with E-state index in [9.17, 15) is 9.59 Å². The molecule has 1 aliphatic rings. The first kappa shape index (κ1) is 10.1. The van der Waals surface area contributed by atoms with Crippen molar-refractivity contribution in [3.8, 4) is 0 Å². The van der Waals surface area contributed by atoms with Gasteiger partial charge < -0.3 is 15.4 Å². The van der Waals surface area contributed by atoms with Gasteiger partial charge in [0.1, 0.15) is 6.04 Å². The monoisotopic (exact) mass is 233 g/mol. The topological polar surface area (TPSA) is 87.1 Å². The molecule has 2 aromatic rings. The van der Waals surface area contributed by atoms with Crippen LogP contribution in [-0.4, -0.2) is 20.6 Å². The number of nitrogens with one attached hydrogen (secondary N) is 2. The van der Waals surface area contributed by atoms with E-state index in [0.717, 1.165) is 0 Å². The Kier molecular flexibility index (Phi) is 1.90. The van der Waals surface area contributed by atoms with E-state index in [2.05, 4.69) is 10.3 Å². The van der Waals surface area contributed by atoms with E-state index in [4.69, 9.17) is 5.11 Å². The third-order valence-corrected chi connectivity index (χ3v) is 3.08. The van der Waals surface area contributed by atoms with Gasteiger partial charge in [-0.1, -0.05) is 0 Å². The third-order valence-electron chi connectivity index (χ3n) is 3.08. The standard InChI is InChI=1S/C11H11N3O3/c1-5-10(16)12-7-2-6(4-15)3-8-9(7)14(5)11(17)13-8/h2-3,5,15H,4H2,1H3,(H,12,16)(H,13,17). The van der Waals surface area contributed by atoms with Gasteiger partial charge in [-0.15, -0.1) is 0 Å². The van der Waals surface area contributed by atoms with Crippen LogP contribution in [0, 0.1) is 0 Å². The maximum Gasteiger partial charge on any atom is 0.327 e. The molecule has 0 saturated carbocycles. The van der Waals surface area contributed by atoms with E-state index >= 15 is 0 Å². The molecule has 6 heteroatoms. The predicted octanol–water partition coefficient (Wildman–Crippen LogP) is 0.335. The minimum absolute atomic E-state index is 0.137. The SMILES string of the molecule is CC1C(=O)Nc2cc(CO)cc3[nH]c(=O)n1c23. The second-order valence-electron chi connectivity index (χ2n) is 4.16. The summed E-state index contributed by atoms with van der Waals surface area (Å²) >= 11 is 0. The number of aliphatic hydroxyl groups excluding tert-OH is 1. The number of carbonyl (C=O) groups excluding carboxylic acids is 1. The van der Waals surface area contributed by atoms with Crippen molar-refractivity contribution in [1.82, 2.24) is 9.55 Å². The number of nitrogens with zero attached hydrogens (tertiary/aromatic N) is 1. The number of aromatic amines is 1. The summed E-state index contributed by atoms with van der Waals surface area (Å²) < 4.78 is 1.44. The molecular weight excluding hydrogens is 222 g/mol. The van der Waals surface area contributed by atoms with Gasteiger partial charge in [-0.05, 0) is 24.6 Å². The highest BCUT2D eigenvalue weighted by molar-refractivity contribution is 6.05. The van der Waals surface area contributed by atoms with E-state index in [1.54, 1.807) is 19.1 Å². The first-order valence-corrected chi connectivity index (χ1v) is 5.30. The van der Waals surface area contributed by atoms with Crippen LogP contribution in [0.3, 0.4) is 0 Å². The molecule has 88 valence electrons. The number of aliphatic hydroxyl groups is 1. The molecule has 0 aliphatic carbocycles. The number of hydrogen-bond donors (Lipinski definition) is 3. The molecular formula is C11H11N3O3. The van der Waals surface area contributed by atoms with Crippen molar-refractivity contribution < 1.29 is 9.90 Å². The summed E-state index contributed by atoms with van der Waals surface area (Å²) in [5.74, 6) is -0.226. The number of aromatic nitrogens is 2. The van der Waals surface area contributed by atoms with Gasteiger partial charge in [0, 0.05) is 0 Å². The van der Waals surface area contributed by atoms with Gasteiger partial charge in [0.15, 0.2) is 0 Å². The molecule has 0 radical (unpaired) electrons. The molecule has 1 aliphatic heterocycles. The molecule has 1 unspecified atom stereocenters. The summed E-state index contributed by atoms with van der Waals surface area (Å²) in [6.07, 6.45) is 0. The Hall–Kier alpha value is -2.08. The van der Waals surface area contributed by atoms with Crippen LogP contribution in [0.1, 0.15) is 18.5 Å². The van der Waals surface area contributed by atoms with Crippen LogP contribution in [-0.2, 0) is 11.4 Å². The molecule has 0 bridgehead atoms. The van der Waals surface area contributed by atoms with Crippen molar-refractivity contribution in [3.63, 3.8) is 0 Å². The zero-order valence-electron chi connectivity index (χ0n) is 9.15. The fourth-order valence-electron chi connectivity index (χ4n) is 2.24. The van der Waals surface area contributed by atoms with E-state index in [-0.39, 0.29) is 18.2 Å². The second kappa shape index (κ2) is 3.21. The van der Waals surface area contributed by atoms with E-state index < -0.39 is 6.04 Å².